The topological polar surface area (TPSA) is 50.4 Å². The second-order valence-electron chi connectivity index (χ2n) is 4.63. The average molecular weight is 285 g/mol. The van der Waals surface area contributed by atoms with E-state index in [1.54, 1.807) is 0 Å². The van der Waals surface area contributed by atoms with Gasteiger partial charge in [0.15, 0.2) is 0 Å². The molecule has 1 aromatic carbocycles. The zero-order valence-corrected chi connectivity index (χ0v) is 12.0. The van der Waals surface area contributed by atoms with Gasteiger partial charge in [-0.3, -0.25) is 4.79 Å². The number of carbonyl (C=O) groups is 1. The molecule has 1 heterocycles. The largest absolute Gasteiger partial charge is 0.377 e. The van der Waals surface area contributed by atoms with Crippen molar-refractivity contribution in [2.75, 3.05) is 25.0 Å². The van der Waals surface area contributed by atoms with Crippen molar-refractivity contribution in [2.45, 2.75) is 25.9 Å². The van der Waals surface area contributed by atoms with Gasteiger partial charge in [0.1, 0.15) is 0 Å². The van der Waals surface area contributed by atoms with Crippen molar-refractivity contribution in [3.8, 4) is 0 Å². The standard InChI is InChI=1S/C14H20N2O2.ClH/c1-11-5-2-3-7-13(11)16-14(17)10-15-9-12-6-4-8-18-12;/h2-3,5,7,12,15H,4,6,8-10H2,1H3,(H,16,17);1H. The highest BCUT2D eigenvalue weighted by Gasteiger charge is 2.15. The zero-order chi connectivity index (χ0) is 12.8. The van der Waals surface area contributed by atoms with Gasteiger partial charge in [0.25, 0.3) is 0 Å². The molecule has 1 amide bonds. The summed E-state index contributed by atoms with van der Waals surface area (Å²) in [4.78, 5) is 11.7. The number of hydrogen-bond donors (Lipinski definition) is 2. The van der Waals surface area contributed by atoms with E-state index in [1.807, 2.05) is 31.2 Å². The number of aryl methyl sites for hydroxylation is 1. The number of nitrogens with one attached hydrogen (secondary N) is 2. The highest BCUT2D eigenvalue weighted by molar-refractivity contribution is 5.92. The lowest BCUT2D eigenvalue weighted by atomic mass is 10.2. The molecule has 106 valence electrons. The number of anilines is 1. The first-order chi connectivity index (χ1) is 8.75. The summed E-state index contributed by atoms with van der Waals surface area (Å²) in [5.74, 6) is -0.0118. The van der Waals surface area contributed by atoms with Crippen LogP contribution in [0.1, 0.15) is 18.4 Å². The third kappa shape index (κ3) is 5.19. The summed E-state index contributed by atoms with van der Waals surface area (Å²) < 4.78 is 5.48. The molecular weight excluding hydrogens is 264 g/mol. The summed E-state index contributed by atoms with van der Waals surface area (Å²) in [6.07, 6.45) is 2.49. The SMILES string of the molecule is Cc1ccccc1NC(=O)CNCC1CCCO1.Cl. The van der Waals surface area contributed by atoms with Gasteiger partial charge >= 0.3 is 0 Å². The molecule has 1 saturated heterocycles. The molecule has 0 bridgehead atoms. The molecule has 1 unspecified atom stereocenters. The predicted molar refractivity (Wildman–Crippen MR) is 78.9 cm³/mol. The minimum absolute atomic E-state index is 0. The molecule has 0 radical (unpaired) electrons. The highest BCUT2D eigenvalue weighted by Crippen LogP contribution is 2.13. The van der Waals surface area contributed by atoms with E-state index in [9.17, 15) is 4.79 Å². The molecule has 1 fully saturated rings. The molecule has 1 atom stereocenters. The number of hydrogen-bond acceptors (Lipinski definition) is 3. The van der Waals surface area contributed by atoms with Crippen LogP contribution in [0.25, 0.3) is 0 Å². The van der Waals surface area contributed by atoms with E-state index in [0.29, 0.717) is 6.54 Å². The van der Waals surface area contributed by atoms with Crippen LogP contribution < -0.4 is 10.6 Å². The molecule has 0 spiro atoms. The maximum absolute atomic E-state index is 11.7. The van der Waals surface area contributed by atoms with Gasteiger partial charge in [-0.2, -0.15) is 0 Å². The van der Waals surface area contributed by atoms with Gasteiger partial charge in [0, 0.05) is 18.8 Å². The smallest absolute Gasteiger partial charge is 0.238 e. The van der Waals surface area contributed by atoms with Crippen LogP contribution in [-0.4, -0.2) is 31.7 Å². The van der Waals surface area contributed by atoms with Crippen LogP contribution >= 0.6 is 12.4 Å². The number of halogens is 1. The molecule has 5 heteroatoms. The van der Waals surface area contributed by atoms with E-state index < -0.39 is 0 Å². The van der Waals surface area contributed by atoms with Crippen molar-refractivity contribution < 1.29 is 9.53 Å². The zero-order valence-electron chi connectivity index (χ0n) is 11.1. The molecule has 1 aromatic rings. The molecule has 2 rings (SSSR count). The van der Waals surface area contributed by atoms with Gasteiger partial charge < -0.3 is 15.4 Å². The molecule has 19 heavy (non-hydrogen) atoms. The summed E-state index contributed by atoms with van der Waals surface area (Å²) in [5.41, 5.74) is 1.95. The molecule has 1 aliphatic heterocycles. The number of ether oxygens (including phenoxy) is 1. The number of para-hydroxylation sites is 1. The van der Waals surface area contributed by atoms with Crippen LogP contribution in [0, 0.1) is 6.92 Å². The fourth-order valence-electron chi connectivity index (χ4n) is 2.06. The van der Waals surface area contributed by atoms with Crippen molar-refractivity contribution in [3.05, 3.63) is 29.8 Å². The number of benzene rings is 1. The number of carbonyl (C=O) groups excluding carboxylic acids is 1. The van der Waals surface area contributed by atoms with Gasteiger partial charge in [-0.25, -0.2) is 0 Å². The summed E-state index contributed by atoms with van der Waals surface area (Å²) >= 11 is 0. The van der Waals surface area contributed by atoms with Gasteiger partial charge in [-0.1, -0.05) is 18.2 Å². The third-order valence-corrected chi connectivity index (χ3v) is 3.10. The Morgan fingerprint density at radius 1 is 1.42 bits per heavy atom. The fraction of sp³-hybridized carbons (Fsp3) is 0.500. The first-order valence-electron chi connectivity index (χ1n) is 6.43. The molecule has 0 saturated carbocycles. The van der Waals surface area contributed by atoms with Crippen LogP contribution in [0.3, 0.4) is 0 Å². The Balaban J connectivity index is 0.00000180. The maximum Gasteiger partial charge on any atom is 0.238 e. The van der Waals surface area contributed by atoms with Crippen molar-refractivity contribution in [1.29, 1.82) is 0 Å². The van der Waals surface area contributed by atoms with Crippen LogP contribution in [0.5, 0.6) is 0 Å². The van der Waals surface area contributed by atoms with Gasteiger partial charge in [0.05, 0.1) is 12.6 Å². The minimum Gasteiger partial charge on any atom is -0.377 e. The van der Waals surface area contributed by atoms with Gasteiger partial charge in [0.2, 0.25) is 5.91 Å². The first kappa shape index (κ1) is 16.0. The second kappa shape index (κ2) is 8.15. The summed E-state index contributed by atoms with van der Waals surface area (Å²) in [7, 11) is 0. The van der Waals surface area contributed by atoms with Crippen LogP contribution in [0.15, 0.2) is 24.3 Å². The van der Waals surface area contributed by atoms with E-state index in [4.69, 9.17) is 4.74 Å². The summed E-state index contributed by atoms with van der Waals surface area (Å²) in [5, 5.41) is 6.02. The van der Waals surface area contributed by atoms with E-state index in [2.05, 4.69) is 10.6 Å². The van der Waals surface area contributed by atoms with Crippen molar-refractivity contribution >= 4 is 24.0 Å². The monoisotopic (exact) mass is 284 g/mol. The van der Waals surface area contributed by atoms with E-state index in [1.165, 1.54) is 0 Å². The van der Waals surface area contributed by atoms with E-state index >= 15 is 0 Å². The Morgan fingerprint density at radius 2 is 2.21 bits per heavy atom. The highest BCUT2D eigenvalue weighted by atomic mass is 35.5. The van der Waals surface area contributed by atoms with Crippen LogP contribution in [0.2, 0.25) is 0 Å². The van der Waals surface area contributed by atoms with Crippen molar-refractivity contribution in [2.24, 2.45) is 0 Å². The molecule has 2 N–H and O–H groups in total. The Bertz CT molecular complexity index is 406. The van der Waals surface area contributed by atoms with Crippen LogP contribution in [0.4, 0.5) is 5.69 Å². The van der Waals surface area contributed by atoms with E-state index in [-0.39, 0.29) is 24.4 Å². The molecule has 4 nitrogen and oxygen atoms in total. The Hall–Kier alpha value is -1.10. The fourth-order valence-corrected chi connectivity index (χ4v) is 2.06. The molecule has 1 aliphatic rings. The molecular formula is C14H21ClN2O2. The summed E-state index contributed by atoms with van der Waals surface area (Å²) in [6, 6.07) is 7.77. The number of amides is 1. The van der Waals surface area contributed by atoms with Gasteiger partial charge in [-0.05, 0) is 31.4 Å². The number of rotatable bonds is 5. The lowest BCUT2D eigenvalue weighted by Gasteiger charge is -2.11. The second-order valence-corrected chi connectivity index (χ2v) is 4.63. The van der Waals surface area contributed by atoms with Crippen LogP contribution in [-0.2, 0) is 9.53 Å². The third-order valence-electron chi connectivity index (χ3n) is 3.10. The predicted octanol–water partition coefficient (Wildman–Crippen LogP) is 2.12. The van der Waals surface area contributed by atoms with Gasteiger partial charge in [-0.15, -0.1) is 12.4 Å². The summed E-state index contributed by atoms with van der Waals surface area (Å²) in [6.45, 7) is 3.91. The Labute approximate surface area is 120 Å². The van der Waals surface area contributed by atoms with Crippen molar-refractivity contribution in [1.82, 2.24) is 5.32 Å². The molecule has 0 aliphatic carbocycles. The Morgan fingerprint density at radius 3 is 2.89 bits per heavy atom. The van der Waals surface area contributed by atoms with E-state index in [0.717, 1.165) is 37.2 Å². The maximum atomic E-state index is 11.7. The Kier molecular flexibility index (Phi) is 6.84. The van der Waals surface area contributed by atoms with Crippen molar-refractivity contribution in [3.63, 3.8) is 0 Å². The normalized spacial score (nSPS) is 17.8. The molecule has 0 aromatic heterocycles. The average Bonchev–Trinajstić information content (AvgIpc) is 2.85. The first-order valence-corrected chi connectivity index (χ1v) is 6.43. The minimum atomic E-state index is -0.0118. The lowest BCUT2D eigenvalue weighted by Crippen LogP contribution is -2.33. The lowest BCUT2D eigenvalue weighted by molar-refractivity contribution is -0.115. The quantitative estimate of drug-likeness (QED) is 0.871.